The summed E-state index contributed by atoms with van der Waals surface area (Å²) in [6, 6.07) is 12.9. The number of benzene rings is 2. The van der Waals surface area contributed by atoms with Gasteiger partial charge < -0.3 is 15.4 Å². The number of ether oxygens (including phenoxy) is 1. The van der Waals surface area contributed by atoms with Crippen LogP contribution >= 0.6 is 0 Å². The van der Waals surface area contributed by atoms with Crippen molar-refractivity contribution in [1.82, 2.24) is 5.32 Å². The summed E-state index contributed by atoms with van der Waals surface area (Å²) in [6.07, 6.45) is 0. The molecule has 2 N–H and O–H groups in total. The molecule has 0 unspecified atom stereocenters. The van der Waals surface area contributed by atoms with Gasteiger partial charge in [0.1, 0.15) is 5.75 Å². The maximum Gasteiger partial charge on any atom is 0.313 e. The van der Waals surface area contributed by atoms with Gasteiger partial charge in [-0.2, -0.15) is 0 Å². The van der Waals surface area contributed by atoms with Gasteiger partial charge in [0, 0.05) is 12.2 Å². The van der Waals surface area contributed by atoms with Gasteiger partial charge in [-0.05, 0) is 56.2 Å². The first-order valence-corrected chi connectivity index (χ1v) is 7.87. The number of hydrogen-bond acceptors (Lipinski definition) is 3. The van der Waals surface area contributed by atoms with Crippen LogP contribution in [0, 0.1) is 13.8 Å². The summed E-state index contributed by atoms with van der Waals surface area (Å²) in [4.78, 5) is 23.8. The average Bonchev–Trinajstić information content (AvgIpc) is 2.56. The Morgan fingerprint density at radius 1 is 1.00 bits per heavy atom. The number of hydrogen-bond donors (Lipinski definition) is 2. The van der Waals surface area contributed by atoms with Crippen LogP contribution in [0.15, 0.2) is 42.5 Å². The minimum Gasteiger partial charge on any atom is -0.494 e. The lowest BCUT2D eigenvalue weighted by Crippen LogP contribution is -2.35. The monoisotopic (exact) mass is 326 g/mol. The second kappa shape index (κ2) is 8.15. The lowest BCUT2D eigenvalue weighted by atomic mass is 10.1. The molecule has 0 aliphatic heterocycles. The van der Waals surface area contributed by atoms with E-state index in [9.17, 15) is 9.59 Å². The molecule has 0 radical (unpaired) electrons. The summed E-state index contributed by atoms with van der Waals surface area (Å²) in [5.74, 6) is -0.636. The van der Waals surface area contributed by atoms with Crippen LogP contribution in [0.25, 0.3) is 0 Å². The first-order valence-electron chi connectivity index (χ1n) is 7.87. The molecule has 0 atom stereocenters. The van der Waals surface area contributed by atoms with E-state index in [-0.39, 0.29) is 0 Å². The number of nitrogens with one attached hydrogen (secondary N) is 2. The molecule has 0 heterocycles. The highest BCUT2D eigenvalue weighted by atomic mass is 16.5. The molecule has 0 bridgehead atoms. The van der Waals surface area contributed by atoms with Crippen molar-refractivity contribution >= 4 is 17.5 Å². The lowest BCUT2D eigenvalue weighted by molar-refractivity contribution is -0.136. The molecular formula is C19H22N2O3. The molecule has 2 aromatic carbocycles. The molecule has 0 saturated heterocycles. The largest absolute Gasteiger partial charge is 0.494 e. The molecular weight excluding hydrogens is 304 g/mol. The Hall–Kier alpha value is -2.82. The quantitative estimate of drug-likeness (QED) is 0.830. The first kappa shape index (κ1) is 17.5. The van der Waals surface area contributed by atoms with Gasteiger partial charge in [0.2, 0.25) is 0 Å². The Balaban J connectivity index is 1.88. The highest BCUT2D eigenvalue weighted by molar-refractivity contribution is 6.39. The van der Waals surface area contributed by atoms with Crippen molar-refractivity contribution in [3.05, 3.63) is 59.2 Å². The van der Waals surface area contributed by atoms with Gasteiger partial charge in [0.15, 0.2) is 0 Å². The summed E-state index contributed by atoms with van der Waals surface area (Å²) in [6.45, 7) is 6.79. The zero-order valence-electron chi connectivity index (χ0n) is 14.2. The first-order chi connectivity index (χ1) is 11.5. The standard InChI is InChI=1S/C19H22N2O3/c1-4-24-17-9-7-16(8-10-17)21-19(23)18(22)20-12-15-6-5-13(2)11-14(15)3/h5-11H,4,12H2,1-3H3,(H,20,22)(H,21,23). The van der Waals surface area contributed by atoms with Crippen LogP contribution in [0.4, 0.5) is 5.69 Å². The molecule has 0 aromatic heterocycles. The van der Waals surface area contributed by atoms with E-state index in [0.717, 1.165) is 22.4 Å². The summed E-state index contributed by atoms with van der Waals surface area (Å²) >= 11 is 0. The zero-order valence-corrected chi connectivity index (χ0v) is 14.2. The number of rotatable bonds is 5. The number of anilines is 1. The van der Waals surface area contributed by atoms with Crippen LogP contribution in [-0.2, 0) is 16.1 Å². The SMILES string of the molecule is CCOc1ccc(NC(=O)C(=O)NCc2ccc(C)cc2C)cc1. The highest BCUT2D eigenvalue weighted by Gasteiger charge is 2.13. The van der Waals surface area contributed by atoms with Gasteiger partial charge >= 0.3 is 11.8 Å². The smallest absolute Gasteiger partial charge is 0.313 e. The minimum absolute atomic E-state index is 0.321. The normalized spacial score (nSPS) is 10.1. The fraction of sp³-hybridized carbons (Fsp3) is 0.263. The minimum atomic E-state index is -0.691. The molecule has 24 heavy (non-hydrogen) atoms. The third-order valence-corrected chi connectivity index (χ3v) is 3.57. The summed E-state index contributed by atoms with van der Waals surface area (Å²) in [5, 5.41) is 5.20. The van der Waals surface area contributed by atoms with E-state index in [1.54, 1.807) is 24.3 Å². The predicted octanol–water partition coefficient (Wildman–Crippen LogP) is 2.96. The lowest BCUT2D eigenvalue weighted by Gasteiger charge is -2.09. The number of carbonyl (C=O) groups is 2. The van der Waals surface area contributed by atoms with Gasteiger partial charge in [-0.1, -0.05) is 23.8 Å². The molecule has 0 saturated carbocycles. The van der Waals surface area contributed by atoms with E-state index in [2.05, 4.69) is 10.6 Å². The van der Waals surface area contributed by atoms with Crippen molar-refractivity contribution < 1.29 is 14.3 Å². The molecule has 5 heteroatoms. The molecule has 2 rings (SSSR count). The van der Waals surface area contributed by atoms with Gasteiger partial charge in [-0.3, -0.25) is 9.59 Å². The van der Waals surface area contributed by atoms with Crippen molar-refractivity contribution in [2.45, 2.75) is 27.3 Å². The number of amides is 2. The van der Waals surface area contributed by atoms with Crippen molar-refractivity contribution in [3.8, 4) is 5.75 Å². The van der Waals surface area contributed by atoms with Crippen LogP contribution < -0.4 is 15.4 Å². The molecule has 0 aliphatic rings. The molecule has 2 aromatic rings. The van der Waals surface area contributed by atoms with Crippen LogP contribution in [0.5, 0.6) is 5.75 Å². The second-order valence-corrected chi connectivity index (χ2v) is 5.52. The van der Waals surface area contributed by atoms with Crippen LogP contribution in [0.3, 0.4) is 0 Å². The topological polar surface area (TPSA) is 67.4 Å². The fourth-order valence-electron chi connectivity index (χ4n) is 2.29. The van der Waals surface area contributed by atoms with Gasteiger partial charge in [-0.15, -0.1) is 0 Å². The number of carbonyl (C=O) groups excluding carboxylic acids is 2. The predicted molar refractivity (Wildman–Crippen MR) is 94.0 cm³/mol. The third kappa shape index (κ3) is 4.84. The van der Waals surface area contributed by atoms with E-state index in [4.69, 9.17) is 4.74 Å². The Morgan fingerprint density at radius 3 is 2.33 bits per heavy atom. The Morgan fingerprint density at radius 2 is 1.71 bits per heavy atom. The summed E-state index contributed by atoms with van der Waals surface area (Å²) < 4.78 is 5.33. The zero-order chi connectivity index (χ0) is 17.5. The Labute approximate surface area is 142 Å². The molecule has 0 aliphatic carbocycles. The maximum atomic E-state index is 11.9. The molecule has 2 amide bonds. The van der Waals surface area contributed by atoms with Crippen LogP contribution in [0.2, 0.25) is 0 Å². The van der Waals surface area contributed by atoms with Crippen molar-refractivity contribution in [1.29, 1.82) is 0 Å². The van der Waals surface area contributed by atoms with E-state index in [0.29, 0.717) is 18.8 Å². The maximum absolute atomic E-state index is 11.9. The Kier molecular flexibility index (Phi) is 5.95. The highest BCUT2D eigenvalue weighted by Crippen LogP contribution is 2.15. The molecule has 5 nitrogen and oxygen atoms in total. The van der Waals surface area contributed by atoms with E-state index < -0.39 is 11.8 Å². The molecule has 126 valence electrons. The van der Waals surface area contributed by atoms with Crippen LogP contribution in [-0.4, -0.2) is 18.4 Å². The van der Waals surface area contributed by atoms with Gasteiger partial charge in [0.05, 0.1) is 6.61 Å². The summed E-state index contributed by atoms with van der Waals surface area (Å²) in [5.41, 5.74) is 3.78. The Bertz CT molecular complexity index is 724. The van der Waals surface area contributed by atoms with Crippen molar-refractivity contribution in [2.75, 3.05) is 11.9 Å². The fourth-order valence-corrected chi connectivity index (χ4v) is 2.29. The van der Waals surface area contributed by atoms with Crippen molar-refractivity contribution in [2.24, 2.45) is 0 Å². The second-order valence-electron chi connectivity index (χ2n) is 5.52. The van der Waals surface area contributed by atoms with E-state index >= 15 is 0 Å². The van der Waals surface area contributed by atoms with E-state index in [1.807, 2.05) is 39.0 Å². The number of aryl methyl sites for hydroxylation is 2. The molecule has 0 fully saturated rings. The summed E-state index contributed by atoms with van der Waals surface area (Å²) in [7, 11) is 0. The average molecular weight is 326 g/mol. The van der Waals surface area contributed by atoms with Gasteiger partial charge in [-0.25, -0.2) is 0 Å². The van der Waals surface area contributed by atoms with Crippen LogP contribution in [0.1, 0.15) is 23.6 Å². The third-order valence-electron chi connectivity index (χ3n) is 3.57. The van der Waals surface area contributed by atoms with Gasteiger partial charge in [0.25, 0.3) is 0 Å². The molecule has 0 spiro atoms. The van der Waals surface area contributed by atoms with E-state index in [1.165, 1.54) is 0 Å². The van der Waals surface area contributed by atoms with Crippen molar-refractivity contribution in [3.63, 3.8) is 0 Å².